The van der Waals surface area contributed by atoms with Gasteiger partial charge in [-0.3, -0.25) is 5.10 Å². The molecule has 0 spiro atoms. The monoisotopic (exact) mass is 182 g/mol. The molecule has 0 aliphatic carbocycles. The predicted molar refractivity (Wildman–Crippen MR) is 43.3 cm³/mol. The number of nitrogens with one attached hydrogen (secondary N) is 2. The predicted octanol–water partition coefficient (Wildman–Crippen LogP) is -0.0726. The maximum atomic E-state index is 10.5. The summed E-state index contributed by atoms with van der Waals surface area (Å²) in [6.45, 7) is 0.952. The van der Waals surface area contributed by atoms with Gasteiger partial charge in [0.2, 0.25) is 0 Å². The van der Waals surface area contributed by atoms with Crippen LogP contribution in [0, 0.1) is 0 Å². The van der Waals surface area contributed by atoms with Crippen LogP contribution in [0.15, 0.2) is 0 Å². The second-order valence-electron chi connectivity index (χ2n) is 3.00. The molecule has 3 N–H and O–H groups in total. The van der Waals surface area contributed by atoms with Crippen molar-refractivity contribution in [1.29, 1.82) is 0 Å². The Morgan fingerprint density at radius 2 is 2.46 bits per heavy atom. The minimum absolute atomic E-state index is 0.139. The molecule has 1 aliphatic heterocycles. The summed E-state index contributed by atoms with van der Waals surface area (Å²) < 4.78 is 0. The number of H-pyrrole nitrogens is 1. The van der Waals surface area contributed by atoms with Gasteiger partial charge in [0.05, 0.1) is 6.04 Å². The molecule has 13 heavy (non-hydrogen) atoms. The van der Waals surface area contributed by atoms with Crippen molar-refractivity contribution in [2.24, 2.45) is 0 Å². The number of hydrogen-bond donors (Lipinski definition) is 3. The third-order valence-corrected chi connectivity index (χ3v) is 2.08. The van der Waals surface area contributed by atoms with E-state index in [0.29, 0.717) is 5.82 Å². The molecule has 2 rings (SSSR count). The van der Waals surface area contributed by atoms with Gasteiger partial charge in [0, 0.05) is 0 Å². The molecule has 1 atom stereocenters. The Morgan fingerprint density at radius 1 is 1.62 bits per heavy atom. The fourth-order valence-electron chi connectivity index (χ4n) is 1.44. The third kappa shape index (κ3) is 1.52. The fraction of sp³-hybridized carbons (Fsp3) is 0.571. The fourth-order valence-corrected chi connectivity index (χ4v) is 1.44. The smallest absolute Gasteiger partial charge is 0.375 e. The van der Waals surface area contributed by atoms with Crippen molar-refractivity contribution in [3.8, 4) is 0 Å². The minimum Gasteiger partial charge on any atom is -0.475 e. The molecule has 6 nitrogen and oxygen atoms in total. The Hall–Kier alpha value is -1.43. The lowest BCUT2D eigenvalue weighted by Crippen LogP contribution is -2.14. The molecule has 70 valence electrons. The van der Waals surface area contributed by atoms with Crippen LogP contribution in [0.25, 0.3) is 0 Å². The summed E-state index contributed by atoms with van der Waals surface area (Å²) in [5.41, 5.74) is 0. The summed E-state index contributed by atoms with van der Waals surface area (Å²) in [5.74, 6) is -0.640. The molecule has 0 aromatic carbocycles. The van der Waals surface area contributed by atoms with Crippen LogP contribution < -0.4 is 5.32 Å². The molecule has 1 aliphatic rings. The van der Waals surface area contributed by atoms with Crippen LogP contribution in [0.4, 0.5) is 0 Å². The molecule has 1 aromatic heterocycles. The number of carbonyl (C=O) groups is 1. The molecule has 1 saturated heterocycles. The standard InChI is InChI=1S/C7H10N4O2/c12-7(13)6-9-5(10-11-6)4-2-1-3-8-4/h4,8H,1-3H2,(H,12,13)(H,9,10,11)/t4-/m1/s1. The SMILES string of the molecule is O=C(O)c1n[nH]c([C@H]2CCCN2)n1. The zero-order chi connectivity index (χ0) is 9.26. The van der Waals surface area contributed by atoms with Gasteiger partial charge >= 0.3 is 5.97 Å². The summed E-state index contributed by atoms with van der Waals surface area (Å²) in [6.07, 6.45) is 2.07. The van der Waals surface area contributed by atoms with Crippen LogP contribution in [0.2, 0.25) is 0 Å². The molecular weight excluding hydrogens is 172 g/mol. The van der Waals surface area contributed by atoms with E-state index in [4.69, 9.17) is 5.11 Å². The van der Waals surface area contributed by atoms with E-state index in [1.165, 1.54) is 0 Å². The first kappa shape index (κ1) is 8.18. The highest BCUT2D eigenvalue weighted by Crippen LogP contribution is 2.19. The van der Waals surface area contributed by atoms with Crippen molar-refractivity contribution < 1.29 is 9.90 Å². The normalized spacial score (nSPS) is 22.0. The summed E-state index contributed by atoms with van der Waals surface area (Å²) in [4.78, 5) is 14.3. The summed E-state index contributed by atoms with van der Waals surface area (Å²) >= 11 is 0. The molecule has 1 aromatic rings. The van der Waals surface area contributed by atoms with Crippen LogP contribution in [-0.4, -0.2) is 32.8 Å². The van der Waals surface area contributed by atoms with Crippen LogP contribution in [0.5, 0.6) is 0 Å². The average Bonchev–Trinajstić information content (AvgIpc) is 2.75. The number of carboxylic acids is 1. The van der Waals surface area contributed by atoms with Gasteiger partial charge in [-0.05, 0) is 19.4 Å². The lowest BCUT2D eigenvalue weighted by Gasteiger charge is -2.03. The number of nitrogens with zero attached hydrogens (tertiary/aromatic N) is 2. The number of aromatic amines is 1. The lowest BCUT2D eigenvalue weighted by atomic mass is 10.2. The van der Waals surface area contributed by atoms with E-state index < -0.39 is 5.97 Å². The Morgan fingerprint density at radius 3 is 3.00 bits per heavy atom. The quantitative estimate of drug-likeness (QED) is 0.595. The Kier molecular flexibility index (Phi) is 1.97. The highest BCUT2D eigenvalue weighted by atomic mass is 16.4. The molecule has 6 heteroatoms. The number of rotatable bonds is 2. The summed E-state index contributed by atoms with van der Waals surface area (Å²) in [5, 5.41) is 18.0. The largest absolute Gasteiger partial charge is 0.475 e. The molecule has 0 radical (unpaired) electrons. The van der Waals surface area contributed by atoms with Crippen molar-refractivity contribution in [2.75, 3.05) is 6.54 Å². The van der Waals surface area contributed by atoms with Crippen molar-refractivity contribution in [2.45, 2.75) is 18.9 Å². The van der Waals surface area contributed by atoms with E-state index in [1.54, 1.807) is 0 Å². The number of carboxylic acid groups (broad SMARTS) is 1. The second-order valence-corrected chi connectivity index (χ2v) is 3.00. The van der Waals surface area contributed by atoms with E-state index in [2.05, 4.69) is 20.5 Å². The lowest BCUT2D eigenvalue weighted by molar-refractivity contribution is 0.0684. The molecule has 1 fully saturated rings. The van der Waals surface area contributed by atoms with Crippen LogP contribution in [-0.2, 0) is 0 Å². The maximum absolute atomic E-state index is 10.5. The zero-order valence-electron chi connectivity index (χ0n) is 6.95. The van der Waals surface area contributed by atoms with Crippen LogP contribution in [0.3, 0.4) is 0 Å². The van der Waals surface area contributed by atoms with Gasteiger partial charge < -0.3 is 10.4 Å². The van der Waals surface area contributed by atoms with E-state index in [9.17, 15) is 4.79 Å². The van der Waals surface area contributed by atoms with Gasteiger partial charge in [0.1, 0.15) is 5.82 Å². The van der Waals surface area contributed by atoms with Gasteiger partial charge in [-0.2, -0.15) is 0 Å². The van der Waals surface area contributed by atoms with Crippen molar-refractivity contribution >= 4 is 5.97 Å². The minimum atomic E-state index is -1.10. The van der Waals surface area contributed by atoms with E-state index in [0.717, 1.165) is 19.4 Å². The first-order chi connectivity index (χ1) is 6.27. The van der Waals surface area contributed by atoms with Gasteiger partial charge in [-0.15, -0.1) is 5.10 Å². The molecule has 0 saturated carbocycles. The van der Waals surface area contributed by atoms with Crippen molar-refractivity contribution in [3.05, 3.63) is 11.6 Å². The molecule has 0 bridgehead atoms. The highest BCUT2D eigenvalue weighted by molar-refractivity contribution is 5.82. The van der Waals surface area contributed by atoms with Gasteiger partial charge in [0.15, 0.2) is 0 Å². The average molecular weight is 182 g/mol. The van der Waals surface area contributed by atoms with Gasteiger partial charge in [0.25, 0.3) is 5.82 Å². The molecule has 2 heterocycles. The molecule has 0 unspecified atom stereocenters. The molecule has 0 amide bonds. The Balaban J connectivity index is 2.16. The van der Waals surface area contributed by atoms with Crippen LogP contribution >= 0.6 is 0 Å². The third-order valence-electron chi connectivity index (χ3n) is 2.08. The van der Waals surface area contributed by atoms with Crippen LogP contribution in [0.1, 0.15) is 35.3 Å². The number of hydrogen-bond acceptors (Lipinski definition) is 4. The van der Waals surface area contributed by atoms with Crippen molar-refractivity contribution in [3.63, 3.8) is 0 Å². The molecular formula is C7H10N4O2. The van der Waals surface area contributed by atoms with E-state index >= 15 is 0 Å². The first-order valence-corrected chi connectivity index (χ1v) is 4.16. The van der Waals surface area contributed by atoms with E-state index in [-0.39, 0.29) is 11.9 Å². The second kappa shape index (κ2) is 3.14. The topological polar surface area (TPSA) is 90.9 Å². The number of aromatic nitrogens is 3. The number of aromatic carboxylic acids is 1. The maximum Gasteiger partial charge on any atom is 0.375 e. The Bertz CT molecular complexity index is 316. The highest BCUT2D eigenvalue weighted by Gasteiger charge is 2.21. The summed E-state index contributed by atoms with van der Waals surface area (Å²) in [7, 11) is 0. The van der Waals surface area contributed by atoms with Gasteiger partial charge in [-0.1, -0.05) is 0 Å². The Labute approximate surface area is 74.4 Å². The first-order valence-electron chi connectivity index (χ1n) is 4.16. The van der Waals surface area contributed by atoms with Crippen molar-refractivity contribution in [1.82, 2.24) is 20.5 Å². The van der Waals surface area contributed by atoms with E-state index in [1.807, 2.05) is 0 Å². The van der Waals surface area contributed by atoms with Gasteiger partial charge in [-0.25, -0.2) is 9.78 Å². The summed E-state index contributed by atoms with van der Waals surface area (Å²) in [6, 6.07) is 0.139. The zero-order valence-corrected chi connectivity index (χ0v) is 6.95.